The highest BCUT2D eigenvalue weighted by Crippen LogP contribution is 2.33. The maximum Gasteiger partial charge on any atom is 0.160 e. The molecule has 0 radical (unpaired) electrons. The highest BCUT2D eigenvalue weighted by Gasteiger charge is 2.18. The molecular formula is C13H10ClN3O. The van der Waals surface area contributed by atoms with Crippen molar-refractivity contribution in [2.24, 2.45) is 7.05 Å². The number of nitrogens with zero attached hydrogens (tertiary/aromatic N) is 3. The number of carbonyl (C=O) groups is 1. The first-order valence-corrected chi connectivity index (χ1v) is 5.90. The Labute approximate surface area is 109 Å². The van der Waals surface area contributed by atoms with Crippen molar-refractivity contribution in [3.63, 3.8) is 0 Å². The molecule has 3 rings (SSSR count). The number of hydrogen-bond donors (Lipinski definition) is 0. The molecule has 0 amide bonds. The Kier molecular flexibility index (Phi) is 2.52. The van der Waals surface area contributed by atoms with Crippen molar-refractivity contribution in [2.45, 2.75) is 6.42 Å². The molecule has 0 atom stereocenters. The molecule has 0 unspecified atom stereocenters. The molecule has 90 valence electrons. The molecule has 0 aliphatic heterocycles. The van der Waals surface area contributed by atoms with E-state index in [1.807, 2.05) is 13.2 Å². The molecule has 0 N–H and O–H groups in total. The van der Waals surface area contributed by atoms with Crippen molar-refractivity contribution >= 4 is 23.5 Å². The first-order chi connectivity index (χ1) is 8.65. The molecule has 0 saturated heterocycles. The zero-order valence-corrected chi connectivity index (χ0v) is 10.5. The van der Waals surface area contributed by atoms with Gasteiger partial charge < -0.3 is 0 Å². The molecular weight excluding hydrogens is 250 g/mol. The summed E-state index contributed by atoms with van der Waals surface area (Å²) in [6.45, 7) is 0. The van der Waals surface area contributed by atoms with Gasteiger partial charge in [0, 0.05) is 42.6 Å². The largest absolute Gasteiger partial charge is 0.294 e. The van der Waals surface area contributed by atoms with Gasteiger partial charge in [0.1, 0.15) is 0 Å². The fourth-order valence-corrected chi connectivity index (χ4v) is 2.34. The molecule has 4 nitrogen and oxygen atoms in total. The second kappa shape index (κ2) is 4.07. The number of aryl methyl sites for hydroxylation is 1. The zero-order valence-electron chi connectivity index (χ0n) is 9.72. The number of allylic oxidation sites excluding steroid dienone is 1. The minimum absolute atomic E-state index is 0.0505. The van der Waals surface area contributed by atoms with E-state index in [1.165, 1.54) is 6.08 Å². The van der Waals surface area contributed by atoms with Crippen molar-refractivity contribution in [1.82, 2.24) is 14.8 Å². The van der Waals surface area contributed by atoms with E-state index in [4.69, 9.17) is 11.6 Å². The highest BCUT2D eigenvalue weighted by atomic mass is 35.5. The molecule has 1 aliphatic rings. The van der Waals surface area contributed by atoms with Crippen LogP contribution >= 0.6 is 11.6 Å². The Morgan fingerprint density at radius 1 is 1.33 bits per heavy atom. The summed E-state index contributed by atoms with van der Waals surface area (Å²) < 4.78 is 1.70. The van der Waals surface area contributed by atoms with Gasteiger partial charge in [-0.25, -0.2) is 0 Å². The maximum atomic E-state index is 11.4. The standard InChI is InChI=1S/C13H10ClN3O/c1-17-7-8(5-16-17)11-6-15-12-3-2-9(18)4-10(12)13(11)14/h2-3,5-7H,4H2,1H3. The lowest BCUT2D eigenvalue weighted by Crippen LogP contribution is -2.08. The maximum absolute atomic E-state index is 11.4. The van der Waals surface area contributed by atoms with E-state index < -0.39 is 0 Å². The topological polar surface area (TPSA) is 47.8 Å². The van der Waals surface area contributed by atoms with Gasteiger partial charge in [-0.05, 0) is 12.2 Å². The van der Waals surface area contributed by atoms with Crippen LogP contribution in [0.4, 0.5) is 0 Å². The molecule has 1 aliphatic carbocycles. The summed E-state index contributed by atoms with van der Waals surface area (Å²) in [5.41, 5.74) is 3.28. The normalized spacial score (nSPS) is 13.8. The van der Waals surface area contributed by atoms with Crippen LogP contribution in [0.15, 0.2) is 24.7 Å². The van der Waals surface area contributed by atoms with E-state index >= 15 is 0 Å². The van der Waals surface area contributed by atoms with Crippen molar-refractivity contribution in [1.29, 1.82) is 0 Å². The van der Waals surface area contributed by atoms with Gasteiger partial charge in [0.25, 0.3) is 0 Å². The van der Waals surface area contributed by atoms with E-state index in [-0.39, 0.29) is 5.78 Å². The van der Waals surface area contributed by atoms with E-state index in [9.17, 15) is 4.79 Å². The molecule has 0 spiro atoms. The monoisotopic (exact) mass is 259 g/mol. The lowest BCUT2D eigenvalue weighted by atomic mass is 9.98. The summed E-state index contributed by atoms with van der Waals surface area (Å²) in [5, 5.41) is 4.70. The number of pyridine rings is 1. The Morgan fingerprint density at radius 2 is 2.17 bits per heavy atom. The van der Waals surface area contributed by atoms with Gasteiger partial charge in [-0.1, -0.05) is 11.6 Å². The minimum atomic E-state index is 0.0505. The fourth-order valence-electron chi connectivity index (χ4n) is 2.02. The van der Waals surface area contributed by atoms with Crippen molar-refractivity contribution in [3.05, 3.63) is 40.9 Å². The van der Waals surface area contributed by atoms with Crippen LogP contribution in [0.25, 0.3) is 17.2 Å². The summed E-state index contributed by atoms with van der Waals surface area (Å²) in [7, 11) is 1.84. The average Bonchev–Trinajstić information content (AvgIpc) is 2.77. The van der Waals surface area contributed by atoms with Crippen LogP contribution in [0.5, 0.6) is 0 Å². The number of ketones is 1. The smallest absolute Gasteiger partial charge is 0.160 e. The minimum Gasteiger partial charge on any atom is -0.294 e. The summed E-state index contributed by atoms with van der Waals surface area (Å²) >= 11 is 6.37. The van der Waals surface area contributed by atoms with Gasteiger partial charge in [-0.2, -0.15) is 5.10 Å². The Balaban J connectivity index is 2.17. The number of halogens is 1. The van der Waals surface area contributed by atoms with Crippen LogP contribution in [0.3, 0.4) is 0 Å². The van der Waals surface area contributed by atoms with Gasteiger partial charge in [0.05, 0.1) is 16.9 Å². The van der Waals surface area contributed by atoms with E-state index in [2.05, 4.69) is 10.1 Å². The second-order valence-electron chi connectivity index (χ2n) is 4.23. The van der Waals surface area contributed by atoms with E-state index in [0.29, 0.717) is 11.4 Å². The second-order valence-corrected chi connectivity index (χ2v) is 4.61. The molecule has 0 saturated carbocycles. The third-order valence-corrected chi connectivity index (χ3v) is 3.37. The molecule has 2 heterocycles. The Morgan fingerprint density at radius 3 is 2.89 bits per heavy atom. The van der Waals surface area contributed by atoms with Crippen LogP contribution in [0.1, 0.15) is 11.3 Å². The van der Waals surface area contributed by atoms with Crippen LogP contribution in [-0.2, 0) is 18.3 Å². The molecule has 0 fully saturated rings. The lowest BCUT2D eigenvalue weighted by molar-refractivity contribution is -0.114. The highest BCUT2D eigenvalue weighted by molar-refractivity contribution is 6.34. The number of carbonyl (C=O) groups excluding carboxylic acids is 1. The Hall–Kier alpha value is -1.94. The van der Waals surface area contributed by atoms with Crippen molar-refractivity contribution < 1.29 is 4.79 Å². The van der Waals surface area contributed by atoms with Gasteiger partial charge in [-0.15, -0.1) is 0 Å². The van der Waals surface area contributed by atoms with Gasteiger partial charge in [0.2, 0.25) is 0 Å². The van der Waals surface area contributed by atoms with Crippen LogP contribution in [0.2, 0.25) is 5.02 Å². The lowest BCUT2D eigenvalue weighted by Gasteiger charge is -2.13. The van der Waals surface area contributed by atoms with Gasteiger partial charge >= 0.3 is 0 Å². The summed E-state index contributed by atoms with van der Waals surface area (Å²) in [4.78, 5) is 15.8. The summed E-state index contributed by atoms with van der Waals surface area (Å²) in [6.07, 6.45) is 8.88. The molecule has 18 heavy (non-hydrogen) atoms. The van der Waals surface area contributed by atoms with E-state index in [0.717, 1.165) is 22.4 Å². The first kappa shape index (κ1) is 11.2. The fraction of sp³-hybridized carbons (Fsp3) is 0.154. The third-order valence-electron chi connectivity index (χ3n) is 2.94. The molecule has 5 heteroatoms. The SMILES string of the molecule is Cn1cc(-c2cnc3c(c2Cl)CC(=O)C=C3)cn1. The number of aromatic nitrogens is 3. The van der Waals surface area contributed by atoms with Crippen LogP contribution < -0.4 is 0 Å². The predicted octanol–water partition coefficient (Wildman–Crippen LogP) is 2.27. The zero-order chi connectivity index (χ0) is 12.7. The summed E-state index contributed by atoms with van der Waals surface area (Å²) in [6, 6.07) is 0. The third kappa shape index (κ3) is 1.75. The van der Waals surface area contributed by atoms with Crippen LogP contribution in [-0.4, -0.2) is 20.5 Å². The van der Waals surface area contributed by atoms with Crippen LogP contribution in [0, 0.1) is 0 Å². The number of fused-ring (bicyclic) bond motifs is 1. The average molecular weight is 260 g/mol. The molecule has 0 aromatic carbocycles. The number of rotatable bonds is 1. The molecule has 0 bridgehead atoms. The van der Waals surface area contributed by atoms with Crippen molar-refractivity contribution in [2.75, 3.05) is 0 Å². The van der Waals surface area contributed by atoms with E-state index in [1.54, 1.807) is 23.2 Å². The quantitative estimate of drug-likeness (QED) is 0.789. The van der Waals surface area contributed by atoms with Gasteiger partial charge in [-0.3, -0.25) is 14.5 Å². The first-order valence-electron chi connectivity index (χ1n) is 5.52. The molecule has 2 aromatic heterocycles. The van der Waals surface area contributed by atoms with Gasteiger partial charge in [0.15, 0.2) is 5.78 Å². The molecule has 2 aromatic rings. The Bertz CT molecular complexity index is 673. The summed E-state index contributed by atoms with van der Waals surface area (Å²) in [5.74, 6) is 0.0505. The van der Waals surface area contributed by atoms with Crippen molar-refractivity contribution in [3.8, 4) is 11.1 Å². The number of hydrogen-bond acceptors (Lipinski definition) is 3. The predicted molar refractivity (Wildman–Crippen MR) is 69.2 cm³/mol.